The normalized spacial score (nSPS) is 19.2. The maximum absolute atomic E-state index is 2.59. The number of allylic oxidation sites excluding steroid dienone is 2. The van der Waals surface area contributed by atoms with Gasteiger partial charge >= 0.3 is 0 Å². The molecule has 0 amide bonds. The number of nitrogens with zero attached hydrogens (tertiary/aromatic N) is 2. The second-order valence-corrected chi connectivity index (χ2v) is 17.2. The molecule has 1 aromatic heterocycles. The highest BCUT2D eigenvalue weighted by molar-refractivity contribution is 5.88. The van der Waals surface area contributed by atoms with Gasteiger partial charge in [0.15, 0.2) is 0 Å². The van der Waals surface area contributed by atoms with Crippen LogP contribution in [0.3, 0.4) is 0 Å². The summed E-state index contributed by atoms with van der Waals surface area (Å²) in [4.78, 5) is 2.59. The summed E-state index contributed by atoms with van der Waals surface area (Å²) in [5.74, 6) is 0.561. The molecule has 3 aliphatic carbocycles. The summed E-state index contributed by atoms with van der Waals surface area (Å²) < 4.78 is 2.50. The molecule has 2 heterocycles. The number of para-hydroxylation sites is 2. The number of hydrogen-bond donors (Lipinski definition) is 0. The highest BCUT2D eigenvalue weighted by atomic mass is 15.2. The van der Waals surface area contributed by atoms with Crippen LogP contribution >= 0.6 is 0 Å². The van der Waals surface area contributed by atoms with Crippen molar-refractivity contribution in [1.82, 2.24) is 4.57 Å². The number of aromatic nitrogens is 1. The molecule has 2 nitrogen and oxygen atoms in total. The maximum Gasteiger partial charge on any atom is 0.0629 e. The number of rotatable bonds is 5. The van der Waals surface area contributed by atoms with Gasteiger partial charge in [-0.15, -0.1) is 0 Å². The van der Waals surface area contributed by atoms with E-state index in [1.54, 1.807) is 0 Å². The molecule has 2 heteroatoms. The van der Waals surface area contributed by atoms with Gasteiger partial charge in [-0.1, -0.05) is 172 Å². The van der Waals surface area contributed by atoms with E-state index in [-0.39, 0.29) is 23.3 Å². The van der Waals surface area contributed by atoms with Crippen LogP contribution in [-0.2, 0) is 5.41 Å². The lowest BCUT2D eigenvalue weighted by atomic mass is 9.82. The Balaban J connectivity index is 0.944. The van der Waals surface area contributed by atoms with Gasteiger partial charge in [0, 0.05) is 50.3 Å². The molecule has 2 unspecified atom stereocenters. The van der Waals surface area contributed by atoms with Crippen molar-refractivity contribution in [2.75, 3.05) is 4.90 Å². The largest absolute Gasteiger partial charge is 0.333 e. The Labute approximate surface area is 346 Å². The van der Waals surface area contributed by atoms with E-state index >= 15 is 0 Å². The van der Waals surface area contributed by atoms with Crippen molar-refractivity contribution < 1.29 is 0 Å². The lowest BCUT2D eigenvalue weighted by molar-refractivity contribution is 0.660. The van der Waals surface area contributed by atoms with E-state index in [1.807, 2.05) is 0 Å². The molecule has 8 aromatic rings. The van der Waals surface area contributed by atoms with Crippen LogP contribution in [0.4, 0.5) is 11.4 Å². The van der Waals surface area contributed by atoms with Gasteiger partial charge in [0.1, 0.15) is 0 Å². The Morgan fingerprint density at radius 1 is 0.559 bits per heavy atom. The predicted molar refractivity (Wildman–Crippen MR) is 247 cm³/mol. The highest BCUT2D eigenvalue weighted by Gasteiger charge is 2.40. The summed E-state index contributed by atoms with van der Waals surface area (Å²) in [5, 5.41) is 3.91. The van der Waals surface area contributed by atoms with Crippen LogP contribution in [0.15, 0.2) is 194 Å². The van der Waals surface area contributed by atoms with Crippen molar-refractivity contribution in [2.24, 2.45) is 5.92 Å². The van der Waals surface area contributed by atoms with E-state index in [1.165, 1.54) is 94.2 Å². The van der Waals surface area contributed by atoms with Gasteiger partial charge in [0.25, 0.3) is 0 Å². The Morgan fingerprint density at radius 3 is 2.03 bits per heavy atom. The molecule has 0 bridgehead atoms. The minimum Gasteiger partial charge on any atom is -0.333 e. The topological polar surface area (TPSA) is 8.17 Å². The van der Waals surface area contributed by atoms with E-state index in [9.17, 15) is 0 Å². The van der Waals surface area contributed by atoms with Gasteiger partial charge in [0.05, 0.1) is 11.6 Å². The Bertz CT molecular complexity index is 3120. The molecule has 1 aliphatic heterocycles. The molecule has 0 radical (unpaired) electrons. The minimum absolute atomic E-state index is 0.00469. The Hall–Kier alpha value is -6.90. The first kappa shape index (κ1) is 34.2. The van der Waals surface area contributed by atoms with Crippen LogP contribution in [0, 0.1) is 5.92 Å². The van der Waals surface area contributed by atoms with E-state index in [2.05, 4.69) is 224 Å². The van der Waals surface area contributed by atoms with Crippen LogP contribution in [0.5, 0.6) is 0 Å². The van der Waals surface area contributed by atoms with Crippen molar-refractivity contribution in [1.29, 1.82) is 0 Å². The molecule has 0 saturated heterocycles. The summed E-state index contributed by atoms with van der Waals surface area (Å²) in [6, 6.07) is 63.0. The van der Waals surface area contributed by atoms with Crippen molar-refractivity contribution in [3.63, 3.8) is 0 Å². The first-order valence-corrected chi connectivity index (χ1v) is 21.1. The highest BCUT2D eigenvalue weighted by Crippen LogP contribution is 2.53. The molecular weight excluding hydrogens is 713 g/mol. The van der Waals surface area contributed by atoms with E-state index in [4.69, 9.17) is 0 Å². The van der Waals surface area contributed by atoms with Crippen LogP contribution in [0.25, 0.3) is 62.1 Å². The van der Waals surface area contributed by atoms with Gasteiger partial charge < -0.3 is 9.47 Å². The first-order valence-electron chi connectivity index (χ1n) is 21.1. The predicted octanol–water partition coefficient (Wildman–Crippen LogP) is 12.7. The fourth-order valence-electron chi connectivity index (χ4n) is 10.8. The van der Waals surface area contributed by atoms with Crippen molar-refractivity contribution in [2.45, 2.75) is 37.6 Å². The molecule has 4 aliphatic rings. The molecule has 0 saturated carbocycles. The smallest absolute Gasteiger partial charge is 0.0629 e. The second-order valence-electron chi connectivity index (χ2n) is 17.2. The number of hydrogen-bond acceptors (Lipinski definition) is 1. The minimum atomic E-state index is -0.00469. The lowest BCUT2D eigenvalue weighted by Gasteiger charge is -2.31. The van der Waals surface area contributed by atoms with E-state index in [0.29, 0.717) is 0 Å². The second kappa shape index (κ2) is 13.1. The molecule has 59 heavy (non-hydrogen) atoms. The fraction of sp³-hybridized carbons (Fsp3) is 0.123. The molecule has 3 atom stereocenters. The molecular formula is C57H44N2. The van der Waals surface area contributed by atoms with Crippen LogP contribution < -0.4 is 15.5 Å². The number of benzene rings is 7. The van der Waals surface area contributed by atoms with Gasteiger partial charge in [0.2, 0.25) is 0 Å². The van der Waals surface area contributed by atoms with Crippen molar-refractivity contribution in [3.05, 3.63) is 221 Å². The standard InChI is InChI=1S/C57H44N2/c1-57(2)51-22-12-9-19-45(51)48-36-43(27-28-52(48)57)58-53-23-13-10-20-46(53)49-34-39(25-29-55(49)58)40-26-30-56-50(35-40)47-21-11-14-24-54(47)59(56)44-32-41(37-15-5-3-6-16-37)31-42(33-44)38-17-7-4-8-18-38/h3-25,27-36,40,49,55H,26H2,1-2H3/t40?,49-,55?/m0/s1. The van der Waals surface area contributed by atoms with Crippen LogP contribution in [0.2, 0.25) is 0 Å². The average Bonchev–Trinajstić information content (AvgIpc) is 3.89. The number of anilines is 2. The summed E-state index contributed by atoms with van der Waals surface area (Å²) in [6.07, 6.45) is 13.5. The van der Waals surface area contributed by atoms with Gasteiger partial charge in [-0.3, -0.25) is 0 Å². The maximum atomic E-state index is 2.59. The third kappa shape index (κ3) is 5.26. The molecule has 12 rings (SSSR count). The summed E-state index contributed by atoms with van der Waals surface area (Å²) in [5.41, 5.74) is 18.3. The van der Waals surface area contributed by atoms with Crippen molar-refractivity contribution in [3.8, 4) is 39.1 Å². The molecule has 0 spiro atoms. The molecule has 0 fully saturated rings. The lowest BCUT2D eigenvalue weighted by Crippen LogP contribution is -2.33. The zero-order valence-electron chi connectivity index (χ0n) is 33.4. The Morgan fingerprint density at radius 2 is 1.24 bits per heavy atom. The van der Waals surface area contributed by atoms with Gasteiger partial charge in [-0.25, -0.2) is 0 Å². The summed E-state index contributed by atoms with van der Waals surface area (Å²) in [7, 11) is 0. The van der Waals surface area contributed by atoms with Crippen molar-refractivity contribution >= 4 is 34.4 Å². The third-order valence-electron chi connectivity index (χ3n) is 13.6. The van der Waals surface area contributed by atoms with Crippen LogP contribution in [-0.4, -0.2) is 10.6 Å². The molecule has 282 valence electrons. The third-order valence-corrected chi connectivity index (χ3v) is 13.6. The van der Waals surface area contributed by atoms with Gasteiger partial charge in [-0.2, -0.15) is 0 Å². The quantitative estimate of drug-likeness (QED) is 0.170. The zero-order chi connectivity index (χ0) is 39.2. The fourth-order valence-corrected chi connectivity index (χ4v) is 10.8. The Kier molecular flexibility index (Phi) is 7.56. The van der Waals surface area contributed by atoms with E-state index < -0.39 is 0 Å². The summed E-state index contributed by atoms with van der Waals surface area (Å²) in [6.45, 7) is 4.72. The van der Waals surface area contributed by atoms with E-state index in [0.717, 1.165) is 6.42 Å². The molecule has 0 N–H and O–H groups in total. The SMILES string of the molecule is CC1(C)c2ccccc2-c2cc(N3c4ccccc4[C@@H]4C=C(C5C=c6c(n(-c7cc(-c8ccccc8)cc(-c8ccccc8)c7)c7ccccc67)=CC5)C=CC43)ccc21. The first-order chi connectivity index (χ1) is 29.0. The van der Waals surface area contributed by atoms with Crippen LogP contribution in [0.1, 0.15) is 42.9 Å². The number of fused-ring (bicyclic) bond motifs is 9. The average molecular weight is 757 g/mol. The summed E-state index contributed by atoms with van der Waals surface area (Å²) >= 11 is 0. The van der Waals surface area contributed by atoms with Gasteiger partial charge in [-0.05, 0) is 105 Å². The monoisotopic (exact) mass is 756 g/mol. The zero-order valence-corrected chi connectivity index (χ0v) is 33.4. The molecule has 7 aromatic carbocycles.